The summed E-state index contributed by atoms with van der Waals surface area (Å²) in [5.41, 5.74) is 0.632. The Morgan fingerprint density at radius 2 is 2.38 bits per heavy atom. The van der Waals surface area contributed by atoms with Crippen LogP contribution in [-0.4, -0.2) is 27.7 Å². The van der Waals surface area contributed by atoms with Gasteiger partial charge < -0.3 is 10.4 Å². The van der Waals surface area contributed by atoms with Crippen molar-refractivity contribution in [2.45, 2.75) is 39.2 Å². The molecule has 1 rings (SSSR count). The van der Waals surface area contributed by atoms with Gasteiger partial charge in [-0.2, -0.15) is 0 Å². The van der Waals surface area contributed by atoms with Gasteiger partial charge in [-0.3, -0.25) is 9.78 Å². The fraction of sp³-hybridized carbons (Fsp3) is 0.636. The number of rotatable bonds is 6. The molecule has 3 N–H and O–H groups in total. The normalized spacial score (nSPS) is 12.4. The van der Waals surface area contributed by atoms with Crippen LogP contribution in [0.2, 0.25) is 0 Å². The molecule has 0 aliphatic rings. The van der Waals surface area contributed by atoms with E-state index < -0.39 is 6.10 Å². The first-order valence-electron chi connectivity index (χ1n) is 5.64. The molecule has 1 unspecified atom stereocenters. The van der Waals surface area contributed by atoms with E-state index in [0.29, 0.717) is 12.5 Å². The molecule has 1 aromatic heterocycles. The summed E-state index contributed by atoms with van der Waals surface area (Å²) in [7, 11) is 0. The minimum absolute atomic E-state index is 0.158. The molecular weight excluding hydrogens is 206 g/mol. The third kappa shape index (κ3) is 4.44. The Balaban J connectivity index is 2.69. The second-order valence-corrected chi connectivity index (χ2v) is 3.92. The number of aromatic amines is 1. The molecule has 5 heteroatoms. The summed E-state index contributed by atoms with van der Waals surface area (Å²) in [6.07, 6.45) is 2.44. The van der Waals surface area contributed by atoms with Crippen LogP contribution in [0.3, 0.4) is 0 Å². The van der Waals surface area contributed by atoms with Crippen LogP contribution in [0.25, 0.3) is 0 Å². The highest BCUT2D eigenvalue weighted by atomic mass is 16.3. The number of aryl methyl sites for hydroxylation is 1. The average Bonchev–Trinajstić information content (AvgIpc) is 2.23. The molecule has 1 atom stereocenters. The predicted octanol–water partition coefficient (Wildman–Crippen LogP) is 0.905. The topological polar surface area (TPSA) is 78.0 Å². The van der Waals surface area contributed by atoms with Crippen molar-refractivity contribution >= 4 is 5.95 Å². The van der Waals surface area contributed by atoms with Gasteiger partial charge in [0.25, 0.3) is 5.56 Å². The smallest absolute Gasteiger partial charge is 0.252 e. The van der Waals surface area contributed by atoms with Gasteiger partial charge in [0.1, 0.15) is 0 Å². The number of H-pyrrole nitrogens is 1. The summed E-state index contributed by atoms with van der Waals surface area (Å²) < 4.78 is 0. The summed E-state index contributed by atoms with van der Waals surface area (Å²) in [6, 6.07) is 1.52. The Morgan fingerprint density at radius 3 is 3.00 bits per heavy atom. The standard InChI is InChI=1S/C11H19N3O2/c1-3-4-5-9-6-10(16)14-11(13-9)12-7-8(2)15/h6,8,15H,3-5,7H2,1-2H3,(H2,12,13,14,16). The number of nitrogens with one attached hydrogen (secondary N) is 2. The van der Waals surface area contributed by atoms with E-state index in [1.807, 2.05) is 0 Å². The molecule has 0 bridgehead atoms. The summed E-state index contributed by atoms with van der Waals surface area (Å²) in [4.78, 5) is 18.2. The molecule has 16 heavy (non-hydrogen) atoms. The lowest BCUT2D eigenvalue weighted by Crippen LogP contribution is -2.20. The number of hydrogen-bond acceptors (Lipinski definition) is 4. The number of hydrogen-bond donors (Lipinski definition) is 3. The highest BCUT2D eigenvalue weighted by molar-refractivity contribution is 5.25. The van der Waals surface area contributed by atoms with Crippen molar-refractivity contribution in [1.82, 2.24) is 9.97 Å². The highest BCUT2D eigenvalue weighted by Crippen LogP contribution is 2.02. The van der Waals surface area contributed by atoms with Crippen LogP contribution in [-0.2, 0) is 6.42 Å². The van der Waals surface area contributed by atoms with E-state index in [0.717, 1.165) is 25.0 Å². The van der Waals surface area contributed by atoms with Crippen LogP contribution in [0.5, 0.6) is 0 Å². The molecule has 0 radical (unpaired) electrons. The lowest BCUT2D eigenvalue weighted by atomic mass is 10.2. The van der Waals surface area contributed by atoms with Crippen LogP contribution in [0, 0.1) is 0 Å². The van der Waals surface area contributed by atoms with Gasteiger partial charge in [-0.1, -0.05) is 13.3 Å². The molecule has 0 saturated heterocycles. The Labute approximate surface area is 94.9 Å². The maximum absolute atomic E-state index is 11.3. The van der Waals surface area contributed by atoms with Crippen molar-refractivity contribution in [3.63, 3.8) is 0 Å². The SMILES string of the molecule is CCCCc1cc(=O)[nH]c(NCC(C)O)n1. The van der Waals surface area contributed by atoms with Crippen molar-refractivity contribution in [2.75, 3.05) is 11.9 Å². The van der Waals surface area contributed by atoms with E-state index in [-0.39, 0.29) is 5.56 Å². The molecule has 0 aromatic carbocycles. The van der Waals surface area contributed by atoms with Crippen molar-refractivity contribution in [1.29, 1.82) is 0 Å². The molecule has 0 spiro atoms. The Hall–Kier alpha value is -1.36. The van der Waals surface area contributed by atoms with Gasteiger partial charge in [0, 0.05) is 18.3 Å². The van der Waals surface area contributed by atoms with Gasteiger partial charge in [-0.15, -0.1) is 0 Å². The fourth-order valence-corrected chi connectivity index (χ4v) is 1.32. The number of aliphatic hydroxyl groups excluding tert-OH is 1. The van der Waals surface area contributed by atoms with Crippen molar-refractivity contribution in [2.24, 2.45) is 0 Å². The first-order valence-corrected chi connectivity index (χ1v) is 5.64. The maximum Gasteiger partial charge on any atom is 0.252 e. The summed E-state index contributed by atoms with van der Waals surface area (Å²) in [5, 5.41) is 12.0. The van der Waals surface area contributed by atoms with Crippen LogP contribution in [0.4, 0.5) is 5.95 Å². The molecule has 1 heterocycles. The number of aliphatic hydroxyl groups is 1. The second-order valence-electron chi connectivity index (χ2n) is 3.92. The van der Waals surface area contributed by atoms with Crippen molar-refractivity contribution in [3.05, 3.63) is 22.1 Å². The van der Waals surface area contributed by atoms with Gasteiger partial charge in [0.15, 0.2) is 0 Å². The molecule has 5 nitrogen and oxygen atoms in total. The highest BCUT2D eigenvalue weighted by Gasteiger charge is 2.02. The monoisotopic (exact) mass is 225 g/mol. The van der Waals surface area contributed by atoms with E-state index in [4.69, 9.17) is 5.11 Å². The molecule has 0 amide bonds. The van der Waals surface area contributed by atoms with Crippen LogP contribution in [0.1, 0.15) is 32.4 Å². The Morgan fingerprint density at radius 1 is 1.62 bits per heavy atom. The van der Waals surface area contributed by atoms with Gasteiger partial charge >= 0.3 is 0 Å². The number of nitrogens with zero attached hydrogens (tertiary/aromatic N) is 1. The van der Waals surface area contributed by atoms with Crippen molar-refractivity contribution in [3.8, 4) is 0 Å². The summed E-state index contributed by atoms with van der Waals surface area (Å²) in [6.45, 7) is 4.14. The van der Waals surface area contributed by atoms with Gasteiger partial charge in [0.2, 0.25) is 5.95 Å². The zero-order chi connectivity index (χ0) is 12.0. The first-order chi connectivity index (χ1) is 7.61. The van der Waals surface area contributed by atoms with E-state index in [1.165, 1.54) is 6.07 Å². The van der Waals surface area contributed by atoms with Gasteiger partial charge in [-0.25, -0.2) is 4.98 Å². The molecule has 90 valence electrons. The molecule has 0 saturated carbocycles. The average molecular weight is 225 g/mol. The number of unbranched alkanes of at least 4 members (excludes halogenated alkanes) is 1. The zero-order valence-electron chi connectivity index (χ0n) is 9.79. The number of aromatic nitrogens is 2. The van der Waals surface area contributed by atoms with E-state index in [1.54, 1.807) is 6.92 Å². The third-order valence-corrected chi connectivity index (χ3v) is 2.15. The lowest BCUT2D eigenvalue weighted by Gasteiger charge is -2.08. The third-order valence-electron chi connectivity index (χ3n) is 2.15. The Kier molecular flexibility index (Phi) is 4.98. The zero-order valence-corrected chi connectivity index (χ0v) is 9.79. The van der Waals surface area contributed by atoms with Crippen molar-refractivity contribution < 1.29 is 5.11 Å². The lowest BCUT2D eigenvalue weighted by molar-refractivity contribution is 0.208. The van der Waals surface area contributed by atoms with Gasteiger partial charge in [0.05, 0.1) is 6.10 Å². The summed E-state index contributed by atoms with van der Waals surface area (Å²) >= 11 is 0. The molecular formula is C11H19N3O2. The first kappa shape index (κ1) is 12.7. The predicted molar refractivity (Wildman–Crippen MR) is 63.6 cm³/mol. The molecule has 0 aliphatic heterocycles. The fourth-order valence-electron chi connectivity index (χ4n) is 1.32. The van der Waals surface area contributed by atoms with E-state index in [9.17, 15) is 4.79 Å². The minimum atomic E-state index is -0.468. The minimum Gasteiger partial charge on any atom is -0.392 e. The van der Waals surface area contributed by atoms with E-state index >= 15 is 0 Å². The van der Waals surface area contributed by atoms with E-state index in [2.05, 4.69) is 22.2 Å². The van der Waals surface area contributed by atoms with Crippen LogP contribution in [0.15, 0.2) is 10.9 Å². The molecule has 0 aliphatic carbocycles. The quantitative estimate of drug-likeness (QED) is 0.672. The van der Waals surface area contributed by atoms with Crippen LogP contribution >= 0.6 is 0 Å². The summed E-state index contributed by atoms with van der Waals surface area (Å²) in [5.74, 6) is 0.430. The molecule has 0 fully saturated rings. The largest absolute Gasteiger partial charge is 0.392 e. The maximum atomic E-state index is 11.3. The Bertz CT molecular complexity index is 374. The molecule has 1 aromatic rings. The second kappa shape index (κ2) is 6.27. The van der Waals surface area contributed by atoms with Gasteiger partial charge in [-0.05, 0) is 19.8 Å². The van der Waals surface area contributed by atoms with Crippen LogP contribution < -0.4 is 10.9 Å². The number of anilines is 1.